The molecular formula is C21H31N3O3. The standard InChI is InChI=1S/C21H31N3O3/c1-3-21(2,20(26)23-16-9-4-5-10-16)24(15-17-11-8-14-27-17)19(25)18-12-6-7-13-22-18/h6-7,12-13,16-17H,3-5,8-11,14-15H2,1-2H3,(H,23,26). The largest absolute Gasteiger partial charge is 0.376 e. The van der Waals surface area contributed by atoms with Crippen LogP contribution in [0, 0.1) is 0 Å². The number of ether oxygens (including phenoxy) is 1. The van der Waals surface area contributed by atoms with Crippen LogP contribution in [0.15, 0.2) is 24.4 Å². The molecule has 1 aliphatic carbocycles. The fraction of sp³-hybridized carbons (Fsp3) is 0.667. The lowest BCUT2D eigenvalue weighted by Crippen LogP contribution is -2.61. The Bertz CT molecular complexity index is 639. The van der Waals surface area contributed by atoms with Crippen LogP contribution in [0.5, 0.6) is 0 Å². The van der Waals surface area contributed by atoms with Crippen molar-refractivity contribution in [1.29, 1.82) is 0 Å². The summed E-state index contributed by atoms with van der Waals surface area (Å²) >= 11 is 0. The molecule has 1 aromatic rings. The first kappa shape index (κ1) is 19.8. The molecule has 1 N–H and O–H groups in total. The number of hydrogen-bond acceptors (Lipinski definition) is 4. The van der Waals surface area contributed by atoms with E-state index in [4.69, 9.17) is 4.74 Å². The predicted octanol–water partition coefficient (Wildman–Crippen LogP) is 2.93. The molecule has 2 fully saturated rings. The Kier molecular flexibility index (Phi) is 6.47. The van der Waals surface area contributed by atoms with E-state index in [0.29, 0.717) is 25.3 Å². The van der Waals surface area contributed by atoms with Crippen molar-refractivity contribution in [3.05, 3.63) is 30.1 Å². The average Bonchev–Trinajstić information content (AvgIpc) is 3.39. The van der Waals surface area contributed by atoms with Gasteiger partial charge < -0.3 is 15.0 Å². The highest BCUT2D eigenvalue weighted by atomic mass is 16.5. The summed E-state index contributed by atoms with van der Waals surface area (Å²) in [6.07, 6.45) is 8.37. The van der Waals surface area contributed by atoms with Crippen LogP contribution < -0.4 is 5.32 Å². The summed E-state index contributed by atoms with van der Waals surface area (Å²) < 4.78 is 5.78. The van der Waals surface area contributed by atoms with Gasteiger partial charge in [0.15, 0.2) is 0 Å². The van der Waals surface area contributed by atoms with Crippen molar-refractivity contribution in [3.8, 4) is 0 Å². The van der Waals surface area contributed by atoms with Crippen LogP contribution in [-0.4, -0.2) is 52.5 Å². The minimum Gasteiger partial charge on any atom is -0.376 e. The zero-order chi connectivity index (χ0) is 19.3. The van der Waals surface area contributed by atoms with Gasteiger partial charge in [-0.2, -0.15) is 0 Å². The van der Waals surface area contributed by atoms with Gasteiger partial charge in [-0.1, -0.05) is 25.8 Å². The monoisotopic (exact) mass is 373 g/mol. The minimum atomic E-state index is -0.927. The second-order valence-electron chi connectivity index (χ2n) is 7.85. The molecule has 3 rings (SSSR count). The molecule has 6 heteroatoms. The molecular weight excluding hydrogens is 342 g/mol. The van der Waals surface area contributed by atoms with Crippen LogP contribution in [0.2, 0.25) is 0 Å². The number of carbonyl (C=O) groups excluding carboxylic acids is 2. The molecule has 0 aromatic carbocycles. The summed E-state index contributed by atoms with van der Waals surface area (Å²) in [5.74, 6) is -0.281. The van der Waals surface area contributed by atoms with Crippen LogP contribution in [0.4, 0.5) is 0 Å². The molecule has 0 spiro atoms. The number of nitrogens with one attached hydrogen (secondary N) is 1. The van der Waals surface area contributed by atoms with Crippen LogP contribution in [0.3, 0.4) is 0 Å². The smallest absolute Gasteiger partial charge is 0.273 e. The lowest BCUT2D eigenvalue weighted by atomic mass is 9.93. The Morgan fingerprint density at radius 2 is 2.04 bits per heavy atom. The van der Waals surface area contributed by atoms with Gasteiger partial charge in [-0.25, -0.2) is 0 Å². The van der Waals surface area contributed by atoms with Gasteiger partial charge in [-0.15, -0.1) is 0 Å². The number of pyridine rings is 1. The quantitative estimate of drug-likeness (QED) is 0.798. The third kappa shape index (κ3) is 4.49. The van der Waals surface area contributed by atoms with E-state index in [2.05, 4.69) is 10.3 Å². The van der Waals surface area contributed by atoms with Crippen LogP contribution in [-0.2, 0) is 9.53 Å². The number of rotatable bonds is 7. The van der Waals surface area contributed by atoms with E-state index in [1.807, 2.05) is 13.8 Å². The Morgan fingerprint density at radius 1 is 1.26 bits per heavy atom. The second kappa shape index (κ2) is 8.83. The predicted molar refractivity (Wildman–Crippen MR) is 103 cm³/mol. The van der Waals surface area contributed by atoms with E-state index in [9.17, 15) is 9.59 Å². The first-order valence-electron chi connectivity index (χ1n) is 10.2. The molecule has 6 nitrogen and oxygen atoms in total. The SMILES string of the molecule is CCC(C)(C(=O)NC1CCCC1)N(CC1CCCO1)C(=O)c1ccccn1. The Balaban J connectivity index is 1.85. The van der Waals surface area contributed by atoms with Gasteiger partial charge in [-0.05, 0) is 51.2 Å². The van der Waals surface area contributed by atoms with Crippen LogP contribution >= 0.6 is 0 Å². The molecule has 27 heavy (non-hydrogen) atoms. The fourth-order valence-electron chi connectivity index (χ4n) is 4.01. The maximum atomic E-state index is 13.3. The zero-order valence-electron chi connectivity index (χ0n) is 16.4. The summed E-state index contributed by atoms with van der Waals surface area (Å²) in [5, 5.41) is 3.19. The summed E-state index contributed by atoms with van der Waals surface area (Å²) in [6.45, 7) is 4.96. The van der Waals surface area contributed by atoms with Crippen LogP contribution in [0.25, 0.3) is 0 Å². The van der Waals surface area contributed by atoms with Gasteiger partial charge in [0, 0.05) is 25.4 Å². The molecule has 2 heterocycles. The average molecular weight is 373 g/mol. The second-order valence-corrected chi connectivity index (χ2v) is 7.85. The number of aromatic nitrogens is 1. The molecule has 1 saturated heterocycles. The van der Waals surface area contributed by atoms with Crippen LogP contribution in [0.1, 0.15) is 69.3 Å². The van der Waals surface area contributed by atoms with Gasteiger partial charge in [0.25, 0.3) is 5.91 Å². The third-order valence-electron chi connectivity index (χ3n) is 6.00. The Morgan fingerprint density at radius 3 is 2.63 bits per heavy atom. The normalized spacial score (nSPS) is 22.4. The van der Waals surface area contributed by atoms with Crippen molar-refractivity contribution >= 4 is 11.8 Å². The van der Waals surface area contributed by atoms with Crippen molar-refractivity contribution in [2.75, 3.05) is 13.2 Å². The molecule has 2 amide bonds. The van der Waals surface area contributed by atoms with Crippen molar-refractivity contribution in [3.63, 3.8) is 0 Å². The van der Waals surface area contributed by atoms with E-state index < -0.39 is 5.54 Å². The Hall–Kier alpha value is -1.95. The maximum absolute atomic E-state index is 13.3. The zero-order valence-corrected chi connectivity index (χ0v) is 16.4. The highest BCUT2D eigenvalue weighted by Gasteiger charge is 2.43. The topological polar surface area (TPSA) is 71.5 Å². The highest BCUT2D eigenvalue weighted by Crippen LogP contribution is 2.27. The maximum Gasteiger partial charge on any atom is 0.273 e. The highest BCUT2D eigenvalue weighted by molar-refractivity contribution is 5.98. The van der Waals surface area contributed by atoms with E-state index in [-0.39, 0.29) is 24.0 Å². The molecule has 2 aliphatic rings. The summed E-state index contributed by atoms with van der Waals surface area (Å²) in [5.41, 5.74) is -0.563. The lowest BCUT2D eigenvalue weighted by Gasteiger charge is -2.41. The molecule has 1 aromatic heterocycles. The van der Waals surface area contributed by atoms with Crippen molar-refractivity contribution < 1.29 is 14.3 Å². The summed E-state index contributed by atoms with van der Waals surface area (Å²) in [6, 6.07) is 5.51. The lowest BCUT2D eigenvalue weighted by molar-refractivity contribution is -0.133. The van der Waals surface area contributed by atoms with E-state index in [1.54, 1.807) is 29.3 Å². The molecule has 1 aliphatic heterocycles. The Labute approximate surface area is 161 Å². The van der Waals surface area contributed by atoms with Gasteiger partial charge >= 0.3 is 0 Å². The van der Waals surface area contributed by atoms with E-state index in [0.717, 1.165) is 38.5 Å². The number of amides is 2. The van der Waals surface area contributed by atoms with Gasteiger partial charge in [0.05, 0.1) is 6.10 Å². The first-order chi connectivity index (χ1) is 13.0. The molecule has 2 unspecified atom stereocenters. The number of hydrogen-bond donors (Lipinski definition) is 1. The minimum absolute atomic E-state index is 0.0252. The van der Waals surface area contributed by atoms with Crippen molar-refractivity contribution in [1.82, 2.24) is 15.2 Å². The third-order valence-corrected chi connectivity index (χ3v) is 6.00. The molecule has 0 bridgehead atoms. The van der Waals surface area contributed by atoms with E-state index in [1.165, 1.54) is 0 Å². The first-order valence-corrected chi connectivity index (χ1v) is 10.2. The molecule has 148 valence electrons. The molecule has 0 radical (unpaired) electrons. The number of carbonyl (C=O) groups is 2. The van der Waals surface area contributed by atoms with Gasteiger partial charge in [0.2, 0.25) is 5.91 Å². The van der Waals surface area contributed by atoms with E-state index >= 15 is 0 Å². The van der Waals surface area contributed by atoms with Crippen molar-refractivity contribution in [2.45, 2.75) is 76.5 Å². The molecule has 1 saturated carbocycles. The van der Waals surface area contributed by atoms with Gasteiger partial charge in [-0.3, -0.25) is 14.6 Å². The fourth-order valence-corrected chi connectivity index (χ4v) is 4.01. The molecule has 2 atom stereocenters. The van der Waals surface area contributed by atoms with Crippen molar-refractivity contribution in [2.24, 2.45) is 0 Å². The number of nitrogens with zero attached hydrogens (tertiary/aromatic N) is 2. The van der Waals surface area contributed by atoms with Gasteiger partial charge in [0.1, 0.15) is 11.2 Å². The summed E-state index contributed by atoms with van der Waals surface area (Å²) in [7, 11) is 0. The summed E-state index contributed by atoms with van der Waals surface area (Å²) in [4.78, 5) is 32.5.